The van der Waals surface area contributed by atoms with Crippen LogP contribution < -0.4 is 15.4 Å². The number of ether oxygens (including phenoxy) is 1. The van der Waals surface area contributed by atoms with Gasteiger partial charge in [0.25, 0.3) is 5.92 Å². The Hall–Kier alpha value is -6.19. The second-order valence-corrected chi connectivity index (χ2v) is 16.6. The van der Waals surface area contributed by atoms with Crippen molar-refractivity contribution < 1.29 is 45.4 Å². The second-order valence-electron chi connectivity index (χ2n) is 14.5. The van der Waals surface area contributed by atoms with Gasteiger partial charge in [0, 0.05) is 42.1 Å². The quantitative estimate of drug-likeness (QED) is 0.0659. The van der Waals surface area contributed by atoms with Crippen molar-refractivity contribution in [3.05, 3.63) is 106 Å². The minimum Gasteiger partial charge on any atom is -0.453 e. The number of anilines is 2. The van der Waals surface area contributed by atoms with Gasteiger partial charge in [0.1, 0.15) is 35.2 Å². The van der Waals surface area contributed by atoms with E-state index in [9.17, 15) is 31.9 Å². The Bertz CT molecular complexity index is 2760. The van der Waals surface area contributed by atoms with E-state index in [0.717, 1.165) is 30.2 Å². The van der Waals surface area contributed by atoms with E-state index in [1.807, 2.05) is 0 Å². The van der Waals surface area contributed by atoms with E-state index < -0.39 is 75.8 Å². The van der Waals surface area contributed by atoms with Crippen molar-refractivity contribution in [2.75, 3.05) is 23.4 Å². The summed E-state index contributed by atoms with van der Waals surface area (Å²) in [6, 6.07) is 7.65. The molecule has 3 aromatic heterocycles. The van der Waals surface area contributed by atoms with Crippen LogP contribution in [0.4, 0.5) is 34.0 Å². The summed E-state index contributed by atoms with van der Waals surface area (Å²) < 4.78 is 94.4. The Morgan fingerprint density at radius 2 is 1.82 bits per heavy atom. The number of halogens is 5. The average molecular weight is 869 g/mol. The molecule has 0 unspecified atom stereocenters. The molecule has 5 aromatic rings. The number of carbonyl (C=O) groups is 2. The topological polar surface area (TPSA) is 182 Å². The smallest absolute Gasteiger partial charge is 0.412 e. The molecule has 2 atom stereocenters. The molecule has 6 rings (SSSR count). The fraction of sp³-hybridized carbons (Fsp3) is 0.300. The molecule has 0 aliphatic heterocycles. The van der Waals surface area contributed by atoms with Crippen molar-refractivity contribution in [1.82, 2.24) is 29.9 Å². The number of aryl methyl sites for hydroxylation is 1. The van der Waals surface area contributed by atoms with Crippen molar-refractivity contribution in [1.29, 1.82) is 0 Å². The number of amides is 2. The number of nitrogens with zero attached hydrogens (tertiary/aromatic N) is 5. The lowest BCUT2D eigenvalue weighted by Crippen LogP contribution is -2.35. The summed E-state index contributed by atoms with van der Waals surface area (Å²) in [5, 5.41) is 24.3. The monoisotopic (exact) mass is 868 g/mol. The van der Waals surface area contributed by atoms with E-state index in [-0.39, 0.29) is 56.5 Å². The molecule has 20 heteroatoms. The number of hydrogen-bond donors (Lipinski definition) is 4. The Morgan fingerprint density at radius 1 is 1.13 bits per heavy atom. The van der Waals surface area contributed by atoms with Gasteiger partial charge in [-0.3, -0.25) is 24.2 Å². The number of aromatic nitrogens is 5. The van der Waals surface area contributed by atoms with Crippen molar-refractivity contribution in [2.45, 2.75) is 56.7 Å². The lowest BCUT2D eigenvalue weighted by molar-refractivity contribution is -0.122. The van der Waals surface area contributed by atoms with Gasteiger partial charge in [0.15, 0.2) is 11.6 Å². The number of rotatable bonds is 11. The molecular weight excluding hydrogens is 832 g/mol. The third kappa shape index (κ3) is 9.48. The molecule has 314 valence electrons. The molecular formula is C40H37ClF4N8O6S. The number of sulfonamides is 1. The van der Waals surface area contributed by atoms with E-state index >= 15 is 8.78 Å². The number of carbonyl (C=O) groups excluding carboxylic acids is 2. The highest BCUT2D eigenvalue weighted by molar-refractivity contribution is 7.92. The number of aliphatic hydroxyl groups is 1. The number of alkyl halides is 2. The van der Waals surface area contributed by atoms with Crippen LogP contribution in [0.25, 0.3) is 22.0 Å². The first-order valence-electron chi connectivity index (χ1n) is 17.9. The van der Waals surface area contributed by atoms with Crippen molar-refractivity contribution in [3.63, 3.8) is 0 Å². The van der Waals surface area contributed by atoms with E-state index in [0.29, 0.717) is 17.1 Å². The molecule has 14 nitrogen and oxygen atoms in total. The molecule has 0 spiro atoms. The molecule has 1 aliphatic rings. The van der Waals surface area contributed by atoms with Gasteiger partial charge >= 0.3 is 6.09 Å². The van der Waals surface area contributed by atoms with Crippen LogP contribution in [-0.4, -0.2) is 69.0 Å². The number of allylic oxidation sites excluding steroid dienone is 1. The molecule has 0 saturated carbocycles. The molecule has 0 fully saturated rings. The highest BCUT2D eigenvalue weighted by atomic mass is 35.5. The van der Waals surface area contributed by atoms with Crippen LogP contribution >= 0.6 is 11.6 Å². The van der Waals surface area contributed by atoms with E-state index in [2.05, 4.69) is 54.4 Å². The number of nitrogens with one attached hydrogen (secondary N) is 3. The molecule has 4 N–H and O–H groups in total. The molecule has 3 heterocycles. The fourth-order valence-electron chi connectivity index (χ4n) is 6.98. The molecule has 0 radical (unpaired) electrons. The van der Waals surface area contributed by atoms with Crippen molar-refractivity contribution in [2.24, 2.45) is 7.05 Å². The van der Waals surface area contributed by atoms with E-state index in [4.69, 9.17) is 16.6 Å². The molecule has 1 aliphatic carbocycles. The predicted molar refractivity (Wildman–Crippen MR) is 215 cm³/mol. The molecule has 0 saturated heterocycles. The van der Waals surface area contributed by atoms with Crippen LogP contribution in [0.1, 0.15) is 60.4 Å². The van der Waals surface area contributed by atoms with Gasteiger partial charge in [0.05, 0.1) is 41.0 Å². The number of methoxy groups -OCH3 is 1. The third-order valence-electron chi connectivity index (χ3n) is 9.16. The maximum atomic E-state index is 15.7. The van der Waals surface area contributed by atoms with Gasteiger partial charge in [-0.1, -0.05) is 30.2 Å². The van der Waals surface area contributed by atoms with Crippen LogP contribution in [-0.2, 0) is 45.5 Å². The number of benzene rings is 2. The summed E-state index contributed by atoms with van der Waals surface area (Å²) in [7, 11) is -1.22. The summed E-state index contributed by atoms with van der Waals surface area (Å²) in [5.41, 5.74) is 1.49. The highest BCUT2D eigenvalue weighted by Crippen LogP contribution is 2.51. The van der Waals surface area contributed by atoms with Gasteiger partial charge in [-0.15, -0.1) is 5.73 Å². The summed E-state index contributed by atoms with van der Waals surface area (Å²) in [5.74, 6) is -2.17. The summed E-state index contributed by atoms with van der Waals surface area (Å²) in [4.78, 5) is 31.1. The first kappa shape index (κ1) is 43.4. The maximum Gasteiger partial charge on any atom is 0.412 e. The minimum atomic E-state index is -3.83. The van der Waals surface area contributed by atoms with Gasteiger partial charge in [0.2, 0.25) is 15.9 Å². The minimum absolute atomic E-state index is 0.0539. The van der Waals surface area contributed by atoms with Crippen molar-refractivity contribution >= 4 is 56.2 Å². The number of pyridine rings is 1. The van der Waals surface area contributed by atoms with E-state index in [1.54, 1.807) is 12.1 Å². The van der Waals surface area contributed by atoms with Gasteiger partial charge in [-0.2, -0.15) is 19.0 Å². The zero-order valence-corrected chi connectivity index (χ0v) is 34.2. The largest absolute Gasteiger partial charge is 0.453 e. The lowest BCUT2D eigenvalue weighted by Gasteiger charge is -2.23. The van der Waals surface area contributed by atoms with E-state index in [1.165, 1.54) is 43.8 Å². The first-order valence-corrected chi connectivity index (χ1v) is 20.2. The summed E-state index contributed by atoms with van der Waals surface area (Å²) >= 11 is 6.61. The van der Waals surface area contributed by atoms with Gasteiger partial charge < -0.3 is 15.2 Å². The standard InChI is InChI=1S/C40H37ClF4N8O6S/c1-7-8-22-19-40(44,45)35-31(22)36(48-38(55)59-5)50-53(35)20-30(54)47-29(17-21-15-23(42)18-24(43)16-21)33-26(10-9-25(46-33)13-14-39(2,3)56)27-11-12-28(41)32-34(27)52(4)49-37(32)51-60(6,57)58/h8-12,15-16,18,22,29,56H,1,17,19-20H2,2-6H3,(H,47,54)(H,49,51)(H,48,50,55)/t22-,29-/m0/s1. The fourth-order valence-corrected chi connectivity index (χ4v) is 7.72. The van der Waals surface area contributed by atoms with Crippen LogP contribution in [0.2, 0.25) is 5.02 Å². The third-order valence-corrected chi connectivity index (χ3v) is 10.0. The Labute approximate surface area is 346 Å². The Balaban J connectivity index is 1.54. The van der Waals surface area contributed by atoms with Crippen molar-refractivity contribution in [3.8, 4) is 23.0 Å². The Morgan fingerprint density at radius 3 is 2.45 bits per heavy atom. The van der Waals surface area contributed by atoms with Gasteiger partial charge in [-0.25, -0.2) is 27.0 Å². The molecule has 2 amide bonds. The van der Waals surface area contributed by atoms with Crippen LogP contribution in [0.15, 0.2) is 60.9 Å². The maximum absolute atomic E-state index is 15.7. The normalized spacial score (nSPS) is 15.0. The zero-order chi connectivity index (χ0) is 43.9. The lowest BCUT2D eigenvalue weighted by atomic mass is 9.93. The Kier molecular flexibility index (Phi) is 11.9. The molecule has 2 aromatic carbocycles. The van der Waals surface area contributed by atoms with Crippen LogP contribution in [0, 0.1) is 23.5 Å². The molecule has 0 bridgehead atoms. The number of hydrogen-bond acceptors (Lipinski definition) is 9. The average Bonchev–Trinajstić information content (AvgIpc) is 3.75. The highest BCUT2D eigenvalue weighted by Gasteiger charge is 2.50. The van der Waals surface area contributed by atoms with Crippen LogP contribution in [0.3, 0.4) is 0 Å². The van der Waals surface area contributed by atoms with Gasteiger partial charge in [-0.05, 0) is 68.2 Å². The SMILES string of the molecule is C=C=C[C@H]1CC(F)(F)c2c1c(NC(=O)OC)nn2CC(=O)N[C@@H](Cc1cc(F)cc(F)c1)c1nc(C#CC(C)(C)O)ccc1-c1ccc(Cl)c2c(NS(C)(=O)=O)nn(C)c12. The summed E-state index contributed by atoms with van der Waals surface area (Å²) in [6.07, 6.45) is 0.181. The summed E-state index contributed by atoms with van der Waals surface area (Å²) in [6.45, 7) is 5.53. The molecule has 60 heavy (non-hydrogen) atoms. The zero-order valence-electron chi connectivity index (χ0n) is 32.6. The predicted octanol–water partition coefficient (Wildman–Crippen LogP) is 6.46. The second kappa shape index (κ2) is 16.5. The van der Waals surface area contributed by atoms with Crippen LogP contribution in [0.5, 0.6) is 0 Å². The first-order chi connectivity index (χ1) is 28.1. The number of fused-ring (bicyclic) bond motifs is 2.